The predicted molar refractivity (Wildman–Crippen MR) is 107 cm³/mol. The molecule has 0 spiro atoms. The fourth-order valence-electron chi connectivity index (χ4n) is 3.17. The number of nitrogens with one attached hydrogen (secondary N) is 2. The van der Waals surface area contributed by atoms with Gasteiger partial charge in [0.15, 0.2) is 13.1 Å². The van der Waals surface area contributed by atoms with E-state index in [1.54, 1.807) is 24.1 Å². The fraction of sp³-hybridized carbons (Fsp3) is 0.579. The third-order valence-corrected chi connectivity index (χ3v) is 6.39. The van der Waals surface area contributed by atoms with Crippen LogP contribution < -0.4 is 10.2 Å². The van der Waals surface area contributed by atoms with Gasteiger partial charge in [-0.15, -0.1) is 0 Å². The Bertz CT molecular complexity index is 759. The van der Waals surface area contributed by atoms with Gasteiger partial charge in [0.1, 0.15) is 0 Å². The van der Waals surface area contributed by atoms with Crippen LogP contribution in [0.4, 0.5) is 0 Å². The van der Waals surface area contributed by atoms with E-state index in [-0.39, 0.29) is 36.7 Å². The lowest BCUT2D eigenvalue weighted by Crippen LogP contribution is -3.11. The van der Waals surface area contributed by atoms with Gasteiger partial charge >= 0.3 is 0 Å². The minimum atomic E-state index is -3.40. The van der Waals surface area contributed by atoms with Crippen molar-refractivity contribution in [2.24, 2.45) is 0 Å². The maximum Gasteiger partial charge on any atom is 0.277 e. The molecular weight excluding hydrogens is 380 g/mol. The summed E-state index contributed by atoms with van der Waals surface area (Å²) in [4.78, 5) is 26.7. The minimum absolute atomic E-state index is 0.0281. The van der Waals surface area contributed by atoms with Crippen LogP contribution in [0.2, 0.25) is 0 Å². The molecule has 1 atom stereocenters. The van der Waals surface area contributed by atoms with Gasteiger partial charge < -0.3 is 15.1 Å². The Hall–Kier alpha value is -1.97. The molecule has 0 aliphatic carbocycles. The van der Waals surface area contributed by atoms with Gasteiger partial charge in [-0.05, 0) is 19.4 Å². The molecule has 1 aliphatic rings. The number of hydrogen-bond acceptors (Lipinski definition) is 4. The average molecular weight is 412 g/mol. The molecule has 0 saturated carbocycles. The molecule has 156 valence electrons. The lowest BCUT2D eigenvalue weighted by atomic mass is 10.2. The van der Waals surface area contributed by atoms with Crippen LogP contribution >= 0.6 is 0 Å². The van der Waals surface area contributed by atoms with E-state index in [0.717, 1.165) is 10.5 Å². The van der Waals surface area contributed by atoms with E-state index in [1.807, 2.05) is 32.0 Å². The van der Waals surface area contributed by atoms with Crippen molar-refractivity contribution in [2.75, 3.05) is 46.3 Å². The minimum Gasteiger partial charge on any atom is -0.349 e. The Morgan fingerprint density at radius 1 is 1.07 bits per heavy atom. The third kappa shape index (κ3) is 6.88. The molecule has 8 nitrogen and oxygen atoms in total. The number of quaternary nitrogens is 1. The number of carbonyl (C=O) groups excluding carboxylic acids is 2. The summed E-state index contributed by atoms with van der Waals surface area (Å²) in [5.41, 5.74) is 0.755. The van der Waals surface area contributed by atoms with Gasteiger partial charge in [0.2, 0.25) is 10.0 Å². The summed E-state index contributed by atoms with van der Waals surface area (Å²) in [5, 5.41) is 2.81. The zero-order valence-corrected chi connectivity index (χ0v) is 17.7. The molecular formula is C19H31N4O4S+. The van der Waals surface area contributed by atoms with Crippen LogP contribution in [0.15, 0.2) is 30.3 Å². The van der Waals surface area contributed by atoms with E-state index in [9.17, 15) is 18.0 Å². The normalized spacial score (nSPS) is 16.8. The van der Waals surface area contributed by atoms with Crippen molar-refractivity contribution < 1.29 is 22.9 Å². The summed E-state index contributed by atoms with van der Waals surface area (Å²) in [6.45, 7) is 5.57. The van der Waals surface area contributed by atoms with E-state index in [4.69, 9.17) is 0 Å². The van der Waals surface area contributed by atoms with E-state index < -0.39 is 10.0 Å². The van der Waals surface area contributed by atoms with Gasteiger partial charge in [-0.25, -0.2) is 8.42 Å². The topological polar surface area (TPSA) is 91.2 Å². The number of benzene rings is 1. The summed E-state index contributed by atoms with van der Waals surface area (Å²) in [6, 6.07) is 9.16. The van der Waals surface area contributed by atoms with Crippen molar-refractivity contribution in [3.63, 3.8) is 0 Å². The van der Waals surface area contributed by atoms with Crippen LogP contribution in [-0.4, -0.2) is 81.8 Å². The Kier molecular flexibility index (Phi) is 7.97. The summed E-state index contributed by atoms with van der Waals surface area (Å²) >= 11 is 0. The number of hydrogen-bond donors (Lipinski definition) is 2. The molecule has 1 unspecified atom stereocenters. The Labute approximate surface area is 167 Å². The summed E-state index contributed by atoms with van der Waals surface area (Å²) in [6.07, 6.45) is 0. The Morgan fingerprint density at radius 2 is 1.68 bits per heavy atom. The third-order valence-electron chi connectivity index (χ3n) is 4.54. The highest BCUT2D eigenvalue weighted by molar-refractivity contribution is 7.88. The number of rotatable bonds is 8. The number of piperazine rings is 1. The highest BCUT2D eigenvalue weighted by Crippen LogP contribution is 2.13. The van der Waals surface area contributed by atoms with Crippen LogP contribution in [-0.2, 0) is 25.4 Å². The lowest BCUT2D eigenvalue weighted by Gasteiger charge is -2.34. The van der Waals surface area contributed by atoms with Gasteiger partial charge in [-0.3, -0.25) is 9.59 Å². The number of likely N-dealkylation sites (N-methyl/N-ethyl adjacent to an activating group) is 1. The first-order chi connectivity index (χ1) is 13.2. The largest absolute Gasteiger partial charge is 0.349 e. The lowest BCUT2D eigenvalue weighted by molar-refractivity contribution is -0.863. The molecule has 1 aromatic carbocycles. The SMILES string of the molecule is CC(C)NC(=O)C[NH+](C)CC(=O)N1CCN(S(=O)(=O)Cc2ccccc2)CC1. The van der Waals surface area contributed by atoms with E-state index in [1.165, 1.54) is 4.31 Å². The fourth-order valence-corrected chi connectivity index (χ4v) is 4.69. The second-order valence-corrected chi connectivity index (χ2v) is 9.52. The summed E-state index contributed by atoms with van der Waals surface area (Å²) in [5.74, 6) is -0.174. The van der Waals surface area contributed by atoms with E-state index in [0.29, 0.717) is 26.2 Å². The van der Waals surface area contributed by atoms with Crippen LogP contribution in [0.1, 0.15) is 19.4 Å². The Balaban J connectivity index is 1.80. The smallest absolute Gasteiger partial charge is 0.277 e. The molecule has 1 aromatic rings. The van der Waals surface area contributed by atoms with Crippen LogP contribution in [0.5, 0.6) is 0 Å². The molecule has 2 amide bonds. The van der Waals surface area contributed by atoms with Gasteiger partial charge in [-0.1, -0.05) is 30.3 Å². The molecule has 28 heavy (non-hydrogen) atoms. The maximum absolute atomic E-state index is 12.6. The molecule has 0 radical (unpaired) electrons. The van der Waals surface area contributed by atoms with Crippen molar-refractivity contribution in [2.45, 2.75) is 25.6 Å². The van der Waals surface area contributed by atoms with Crippen LogP contribution in [0.3, 0.4) is 0 Å². The van der Waals surface area contributed by atoms with Crippen LogP contribution in [0.25, 0.3) is 0 Å². The molecule has 1 aliphatic heterocycles. The second-order valence-electron chi connectivity index (χ2n) is 7.55. The van der Waals surface area contributed by atoms with Crippen molar-refractivity contribution in [3.8, 4) is 0 Å². The van der Waals surface area contributed by atoms with E-state index >= 15 is 0 Å². The molecule has 0 bridgehead atoms. The number of nitrogens with zero attached hydrogens (tertiary/aromatic N) is 2. The summed E-state index contributed by atoms with van der Waals surface area (Å²) in [7, 11) is -1.59. The number of carbonyl (C=O) groups is 2. The van der Waals surface area contributed by atoms with Crippen molar-refractivity contribution in [1.82, 2.24) is 14.5 Å². The predicted octanol–water partition coefficient (Wildman–Crippen LogP) is -1.30. The summed E-state index contributed by atoms with van der Waals surface area (Å²) < 4.78 is 26.6. The molecule has 1 heterocycles. The quantitative estimate of drug-likeness (QED) is 0.556. The zero-order valence-electron chi connectivity index (χ0n) is 16.8. The molecule has 2 N–H and O–H groups in total. The van der Waals surface area contributed by atoms with Gasteiger partial charge in [0, 0.05) is 32.2 Å². The number of sulfonamides is 1. The van der Waals surface area contributed by atoms with Gasteiger partial charge in [0.25, 0.3) is 11.8 Å². The first kappa shape index (κ1) is 22.3. The monoisotopic (exact) mass is 411 g/mol. The van der Waals surface area contributed by atoms with E-state index in [2.05, 4.69) is 5.32 Å². The molecule has 2 rings (SSSR count). The first-order valence-corrected chi connectivity index (χ1v) is 11.2. The van der Waals surface area contributed by atoms with Crippen molar-refractivity contribution >= 4 is 21.8 Å². The first-order valence-electron chi connectivity index (χ1n) is 9.57. The number of amides is 2. The molecule has 0 aromatic heterocycles. The molecule has 1 saturated heterocycles. The highest BCUT2D eigenvalue weighted by Gasteiger charge is 2.30. The highest BCUT2D eigenvalue weighted by atomic mass is 32.2. The van der Waals surface area contributed by atoms with Gasteiger partial charge in [0.05, 0.1) is 12.8 Å². The molecule has 1 fully saturated rings. The Morgan fingerprint density at radius 3 is 2.25 bits per heavy atom. The average Bonchev–Trinajstić information content (AvgIpc) is 2.61. The van der Waals surface area contributed by atoms with Crippen LogP contribution in [0, 0.1) is 0 Å². The van der Waals surface area contributed by atoms with Crippen molar-refractivity contribution in [1.29, 1.82) is 0 Å². The van der Waals surface area contributed by atoms with Gasteiger partial charge in [-0.2, -0.15) is 4.31 Å². The maximum atomic E-state index is 12.6. The second kappa shape index (κ2) is 9.99. The zero-order chi connectivity index (χ0) is 20.7. The molecule has 9 heteroatoms. The van der Waals surface area contributed by atoms with Crippen molar-refractivity contribution in [3.05, 3.63) is 35.9 Å². The standard InChI is InChI=1S/C19H30N4O4S/c1-16(2)20-18(24)13-21(3)14-19(25)22-9-11-23(12-10-22)28(26,27)15-17-7-5-4-6-8-17/h4-8,16H,9-15H2,1-3H3,(H,20,24)/p+1.